The van der Waals surface area contributed by atoms with Crippen molar-refractivity contribution in [3.05, 3.63) is 47.0 Å². The summed E-state index contributed by atoms with van der Waals surface area (Å²) in [5.74, 6) is 0.0275. The lowest BCUT2D eigenvalue weighted by atomic mass is 9.94. The molecule has 3 aromatic heterocycles. The second-order valence-corrected chi connectivity index (χ2v) is 13.6. The lowest BCUT2D eigenvalue weighted by Gasteiger charge is -2.37. The van der Waals surface area contributed by atoms with Crippen LogP contribution in [-0.4, -0.2) is 92.8 Å². The molecule has 1 aromatic carbocycles. The SMILES string of the molecule is C=C1CN2CCC[C@@]2(COc2nc3c4cnc(c(F)c4n2)-c2c(c(Cl)cc4[nH]ncc24)CCCCOC[C@H]2C[C@@H](O)CN3C2)C1. The van der Waals surface area contributed by atoms with Crippen molar-refractivity contribution in [1.29, 1.82) is 0 Å². The highest BCUT2D eigenvalue weighted by atomic mass is 35.5. The highest BCUT2D eigenvalue weighted by Gasteiger charge is 2.46. The first-order valence-electron chi connectivity index (χ1n) is 15.9. The Balaban J connectivity index is 1.29. The van der Waals surface area contributed by atoms with Crippen LogP contribution in [0.25, 0.3) is 33.1 Å². The maximum absolute atomic E-state index is 17.0. The Labute approximate surface area is 265 Å². The second kappa shape index (κ2) is 11.5. The van der Waals surface area contributed by atoms with Gasteiger partial charge < -0.3 is 19.5 Å². The maximum atomic E-state index is 17.0. The molecule has 10 nitrogen and oxygen atoms in total. The van der Waals surface area contributed by atoms with Gasteiger partial charge in [-0.05, 0) is 63.1 Å². The van der Waals surface area contributed by atoms with Gasteiger partial charge in [-0.15, -0.1) is 0 Å². The van der Waals surface area contributed by atoms with Crippen LogP contribution >= 0.6 is 11.6 Å². The van der Waals surface area contributed by atoms with Crippen LogP contribution in [0.4, 0.5) is 10.2 Å². The summed E-state index contributed by atoms with van der Waals surface area (Å²) in [7, 11) is 0. The van der Waals surface area contributed by atoms with E-state index in [2.05, 4.69) is 21.7 Å². The van der Waals surface area contributed by atoms with Crippen molar-refractivity contribution in [3.8, 4) is 17.3 Å². The van der Waals surface area contributed by atoms with E-state index in [1.165, 1.54) is 5.57 Å². The van der Waals surface area contributed by atoms with Crippen LogP contribution in [0.15, 0.2) is 30.6 Å². The van der Waals surface area contributed by atoms with E-state index in [1.807, 2.05) is 11.0 Å². The summed E-state index contributed by atoms with van der Waals surface area (Å²) in [5.41, 5.74) is 3.48. The average molecular weight is 634 g/mol. The number of halogens is 2. The molecule has 6 bridgehead atoms. The van der Waals surface area contributed by atoms with Gasteiger partial charge >= 0.3 is 6.01 Å². The molecule has 8 heterocycles. The molecule has 236 valence electrons. The van der Waals surface area contributed by atoms with Crippen molar-refractivity contribution in [2.45, 2.75) is 56.6 Å². The van der Waals surface area contributed by atoms with E-state index < -0.39 is 11.9 Å². The molecular weight excluding hydrogens is 597 g/mol. The van der Waals surface area contributed by atoms with Crippen molar-refractivity contribution < 1.29 is 19.0 Å². The number of ether oxygens (including phenoxy) is 2. The van der Waals surface area contributed by atoms with Crippen molar-refractivity contribution in [2.24, 2.45) is 5.92 Å². The second-order valence-electron chi connectivity index (χ2n) is 13.2. The third kappa shape index (κ3) is 5.14. The molecule has 5 aliphatic rings. The average Bonchev–Trinajstić information content (AvgIpc) is 3.71. The summed E-state index contributed by atoms with van der Waals surface area (Å²) in [6, 6.07) is 1.95. The summed E-state index contributed by atoms with van der Waals surface area (Å²) in [6.45, 7) is 8.59. The minimum Gasteiger partial charge on any atom is -0.461 e. The third-order valence-corrected chi connectivity index (χ3v) is 10.4. The molecule has 12 heteroatoms. The van der Waals surface area contributed by atoms with E-state index in [-0.39, 0.29) is 28.7 Å². The summed E-state index contributed by atoms with van der Waals surface area (Å²) in [6.07, 6.45) is 8.62. The summed E-state index contributed by atoms with van der Waals surface area (Å²) in [4.78, 5) is 18.7. The van der Waals surface area contributed by atoms with Crippen molar-refractivity contribution >= 4 is 39.2 Å². The molecule has 5 aliphatic heterocycles. The molecule has 0 amide bonds. The van der Waals surface area contributed by atoms with Gasteiger partial charge in [0.1, 0.15) is 23.6 Å². The van der Waals surface area contributed by atoms with Gasteiger partial charge in [-0.25, -0.2) is 4.39 Å². The molecule has 9 rings (SSSR count). The van der Waals surface area contributed by atoms with E-state index >= 15 is 4.39 Å². The molecule has 0 saturated carbocycles. The maximum Gasteiger partial charge on any atom is 0.319 e. The number of anilines is 1. The first-order chi connectivity index (χ1) is 21.9. The van der Waals surface area contributed by atoms with Crippen LogP contribution in [0, 0.1) is 11.7 Å². The van der Waals surface area contributed by atoms with Crippen molar-refractivity contribution in [2.75, 3.05) is 50.9 Å². The van der Waals surface area contributed by atoms with Crippen LogP contribution in [0.3, 0.4) is 0 Å². The fourth-order valence-electron chi connectivity index (χ4n) is 7.99. The van der Waals surface area contributed by atoms with E-state index in [9.17, 15) is 5.11 Å². The minimum absolute atomic E-state index is 0.0908. The van der Waals surface area contributed by atoms with E-state index in [4.69, 9.17) is 36.0 Å². The summed E-state index contributed by atoms with van der Waals surface area (Å²) >= 11 is 6.83. The Morgan fingerprint density at radius 3 is 3.02 bits per heavy atom. The number of hydrogen-bond acceptors (Lipinski definition) is 9. The Morgan fingerprint density at radius 2 is 2.11 bits per heavy atom. The third-order valence-electron chi connectivity index (χ3n) is 10.0. The number of H-pyrrole nitrogens is 1. The first kappa shape index (κ1) is 29.1. The Bertz CT molecular complexity index is 1800. The number of piperidine rings is 1. The Morgan fingerprint density at radius 1 is 1.20 bits per heavy atom. The number of fused-ring (bicyclic) bond motifs is 8. The summed E-state index contributed by atoms with van der Waals surface area (Å²) < 4.78 is 29.5. The number of hydrogen-bond donors (Lipinski definition) is 2. The highest BCUT2D eigenvalue weighted by Crippen LogP contribution is 2.42. The van der Waals surface area contributed by atoms with Crippen LogP contribution in [0.1, 0.15) is 44.1 Å². The first-order valence-corrected chi connectivity index (χ1v) is 16.3. The zero-order valence-corrected chi connectivity index (χ0v) is 26.0. The number of aromatic nitrogens is 5. The molecule has 3 fully saturated rings. The monoisotopic (exact) mass is 633 g/mol. The quantitative estimate of drug-likeness (QED) is 0.299. The minimum atomic E-state index is -0.573. The van der Waals surface area contributed by atoms with Gasteiger partial charge in [-0.3, -0.25) is 15.0 Å². The van der Waals surface area contributed by atoms with Gasteiger partial charge in [-0.1, -0.05) is 23.8 Å². The smallest absolute Gasteiger partial charge is 0.319 e. The fraction of sp³-hybridized carbons (Fsp3) is 0.515. The molecule has 3 saturated heterocycles. The number of pyridine rings is 1. The van der Waals surface area contributed by atoms with Gasteiger partial charge in [0.25, 0.3) is 0 Å². The van der Waals surface area contributed by atoms with Crippen LogP contribution in [0.5, 0.6) is 6.01 Å². The van der Waals surface area contributed by atoms with Gasteiger partial charge in [0.05, 0.1) is 35.3 Å². The van der Waals surface area contributed by atoms with Crippen molar-refractivity contribution in [3.63, 3.8) is 0 Å². The van der Waals surface area contributed by atoms with Crippen LogP contribution in [0.2, 0.25) is 5.02 Å². The highest BCUT2D eigenvalue weighted by molar-refractivity contribution is 6.33. The van der Waals surface area contributed by atoms with Crippen molar-refractivity contribution in [1.82, 2.24) is 30.0 Å². The fourth-order valence-corrected chi connectivity index (χ4v) is 8.29. The molecule has 3 atom stereocenters. The predicted molar refractivity (Wildman–Crippen MR) is 170 cm³/mol. The Kier molecular flexibility index (Phi) is 7.39. The van der Waals surface area contributed by atoms with Crippen LogP contribution in [-0.2, 0) is 11.2 Å². The lowest BCUT2D eigenvalue weighted by molar-refractivity contribution is 0.0564. The zero-order chi connectivity index (χ0) is 30.7. The number of rotatable bonds is 3. The zero-order valence-electron chi connectivity index (χ0n) is 25.2. The summed E-state index contributed by atoms with van der Waals surface area (Å²) in [5, 5.41) is 19.8. The van der Waals surface area contributed by atoms with E-state index in [0.29, 0.717) is 73.1 Å². The molecule has 0 radical (unpaired) electrons. The number of aliphatic hydroxyl groups excluding tert-OH is 1. The molecule has 45 heavy (non-hydrogen) atoms. The largest absolute Gasteiger partial charge is 0.461 e. The predicted octanol–water partition coefficient (Wildman–Crippen LogP) is 5.07. The molecule has 0 spiro atoms. The Hall–Kier alpha value is -3.38. The van der Waals surface area contributed by atoms with Gasteiger partial charge in [0.2, 0.25) is 0 Å². The lowest BCUT2D eigenvalue weighted by Crippen LogP contribution is -2.45. The number of aromatic amines is 1. The molecular formula is C33H37ClFN7O3. The number of benzene rings is 1. The van der Waals surface area contributed by atoms with E-state index in [0.717, 1.165) is 56.1 Å². The van der Waals surface area contributed by atoms with Gasteiger partial charge in [0, 0.05) is 54.3 Å². The van der Waals surface area contributed by atoms with Gasteiger partial charge in [0.15, 0.2) is 5.82 Å². The number of nitrogens with one attached hydrogen (secondary N) is 1. The number of aliphatic hydroxyl groups is 1. The molecule has 4 aromatic rings. The van der Waals surface area contributed by atoms with Crippen LogP contribution < -0.4 is 9.64 Å². The topological polar surface area (TPSA) is 113 Å². The molecule has 0 aliphatic carbocycles. The normalized spacial score (nSPS) is 25.8. The van der Waals surface area contributed by atoms with Gasteiger partial charge in [-0.2, -0.15) is 15.1 Å². The molecule has 2 N–H and O–H groups in total. The standard InChI is InChI=1S/C33H37ClFN7O3/c1-19-11-33(6-4-7-42(33)14-19)18-45-32-38-29-24-12-36-30(28(29)35)27-22(25(34)10-26-23(27)13-37-40-26)5-2-3-8-44-17-20-9-21(43)16-41(15-20)31(24)39-32/h10,12-13,20-21,43H,1-9,11,14-18H2,(H,37,40)/t20-,21+,33-/m0/s1. The van der Waals surface area contributed by atoms with E-state index in [1.54, 1.807) is 12.4 Å². The molecule has 0 unspecified atom stereocenters. The number of nitrogens with zero attached hydrogens (tertiary/aromatic N) is 6.